The van der Waals surface area contributed by atoms with Crippen molar-refractivity contribution >= 4 is 5.91 Å². The van der Waals surface area contributed by atoms with Gasteiger partial charge in [0.1, 0.15) is 0 Å². The van der Waals surface area contributed by atoms with Crippen LogP contribution in [0, 0.1) is 5.92 Å². The first kappa shape index (κ1) is 13.4. The van der Waals surface area contributed by atoms with Crippen LogP contribution in [0.4, 0.5) is 0 Å². The Morgan fingerprint density at radius 3 is 2.57 bits per heavy atom. The second-order valence-electron chi connectivity index (χ2n) is 3.71. The van der Waals surface area contributed by atoms with Crippen LogP contribution in [0.2, 0.25) is 0 Å². The molecule has 1 unspecified atom stereocenters. The van der Waals surface area contributed by atoms with Crippen molar-refractivity contribution in [2.45, 2.75) is 40.0 Å². The average molecular weight is 200 g/mol. The molecule has 0 heterocycles. The molecule has 0 aromatic heterocycles. The molecule has 1 atom stereocenters. The molecule has 0 aromatic carbocycles. The molecule has 0 aliphatic carbocycles. The zero-order valence-electron chi connectivity index (χ0n) is 9.73. The molecule has 0 fully saturated rings. The van der Waals surface area contributed by atoms with Crippen molar-refractivity contribution in [3.8, 4) is 0 Å². The molecule has 0 aromatic rings. The van der Waals surface area contributed by atoms with Gasteiger partial charge in [0.15, 0.2) is 0 Å². The van der Waals surface area contributed by atoms with Crippen LogP contribution in [0.25, 0.3) is 0 Å². The van der Waals surface area contributed by atoms with Gasteiger partial charge >= 0.3 is 0 Å². The van der Waals surface area contributed by atoms with Gasteiger partial charge in [-0.15, -0.1) is 0 Å². The van der Waals surface area contributed by atoms with E-state index in [9.17, 15) is 4.79 Å². The standard InChI is InChI=1S/C11H24N2O/c1-4-6-7-8-13-11(14)10(3)9-12-5-2/h10,12H,4-9H2,1-3H3,(H,13,14). The molecule has 1 amide bonds. The first-order valence-corrected chi connectivity index (χ1v) is 5.70. The van der Waals surface area contributed by atoms with E-state index in [2.05, 4.69) is 17.6 Å². The van der Waals surface area contributed by atoms with Gasteiger partial charge in [0, 0.05) is 19.0 Å². The Morgan fingerprint density at radius 2 is 2.00 bits per heavy atom. The number of hydrogen-bond donors (Lipinski definition) is 2. The van der Waals surface area contributed by atoms with E-state index in [0.717, 1.165) is 26.1 Å². The lowest BCUT2D eigenvalue weighted by Gasteiger charge is -2.11. The van der Waals surface area contributed by atoms with Gasteiger partial charge in [-0.3, -0.25) is 4.79 Å². The summed E-state index contributed by atoms with van der Waals surface area (Å²) in [6.45, 7) is 8.69. The Balaban J connectivity index is 3.42. The van der Waals surface area contributed by atoms with Crippen molar-refractivity contribution in [2.75, 3.05) is 19.6 Å². The maximum Gasteiger partial charge on any atom is 0.224 e. The van der Waals surface area contributed by atoms with Gasteiger partial charge < -0.3 is 10.6 Å². The third kappa shape index (κ3) is 6.89. The van der Waals surface area contributed by atoms with E-state index in [1.54, 1.807) is 0 Å². The van der Waals surface area contributed by atoms with Crippen molar-refractivity contribution in [2.24, 2.45) is 5.92 Å². The molecule has 0 saturated heterocycles. The van der Waals surface area contributed by atoms with E-state index in [0.29, 0.717) is 0 Å². The van der Waals surface area contributed by atoms with Crippen LogP contribution in [-0.4, -0.2) is 25.5 Å². The number of unbranched alkanes of at least 4 members (excludes halogenated alkanes) is 2. The van der Waals surface area contributed by atoms with E-state index in [1.807, 2.05) is 13.8 Å². The van der Waals surface area contributed by atoms with Gasteiger partial charge in [-0.1, -0.05) is 33.6 Å². The van der Waals surface area contributed by atoms with Gasteiger partial charge in [-0.2, -0.15) is 0 Å². The second-order valence-corrected chi connectivity index (χ2v) is 3.71. The van der Waals surface area contributed by atoms with E-state index in [1.165, 1.54) is 12.8 Å². The number of rotatable bonds is 8. The van der Waals surface area contributed by atoms with Crippen molar-refractivity contribution in [1.82, 2.24) is 10.6 Å². The summed E-state index contributed by atoms with van der Waals surface area (Å²) in [5, 5.41) is 6.12. The van der Waals surface area contributed by atoms with Crippen LogP contribution in [0.1, 0.15) is 40.0 Å². The number of amides is 1. The lowest BCUT2D eigenvalue weighted by atomic mass is 10.1. The van der Waals surface area contributed by atoms with E-state index >= 15 is 0 Å². The normalized spacial score (nSPS) is 12.5. The second kappa shape index (κ2) is 9.00. The van der Waals surface area contributed by atoms with Gasteiger partial charge in [-0.25, -0.2) is 0 Å². The zero-order valence-corrected chi connectivity index (χ0v) is 9.73. The fourth-order valence-corrected chi connectivity index (χ4v) is 1.21. The van der Waals surface area contributed by atoms with Crippen molar-refractivity contribution in [1.29, 1.82) is 0 Å². The summed E-state index contributed by atoms with van der Waals surface area (Å²) in [6.07, 6.45) is 3.49. The largest absolute Gasteiger partial charge is 0.356 e. The minimum absolute atomic E-state index is 0.0802. The summed E-state index contributed by atoms with van der Waals surface area (Å²) in [7, 11) is 0. The Bertz CT molecular complexity index is 148. The molecular formula is C11H24N2O. The highest BCUT2D eigenvalue weighted by Crippen LogP contribution is 1.95. The number of carbonyl (C=O) groups excluding carboxylic acids is 1. The molecule has 14 heavy (non-hydrogen) atoms. The van der Waals surface area contributed by atoms with E-state index in [-0.39, 0.29) is 11.8 Å². The Labute approximate surface area is 87.6 Å². The molecule has 0 bridgehead atoms. The fourth-order valence-electron chi connectivity index (χ4n) is 1.21. The van der Waals surface area contributed by atoms with Crippen LogP contribution >= 0.6 is 0 Å². The predicted molar refractivity (Wildman–Crippen MR) is 60.2 cm³/mol. The van der Waals surface area contributed by atoms with Crippen molar-refractivity contribution in [3.05, 3.63) is 0 Å². The minimum Gasteiger partial charge on any atom is -0.356 e. The first-order valence-electron chi connectivity index (χ1n) is 5.70. The van der Waals surface area contributed by atoms with Crippen LogP contribution in [0.15, 0.2) is 0 Å². The summed E-state index contributed by atoms with van der Waals surface area (Å²) >= 11 is 0. The fraction of sp³-hybridized carbons (Fsp3) is 0.909. The first-order chi connectivity index (χ1) is 6.72. The summed E-state index contributed by atoms with van der Waals surface area (Å²) in [6, 6.07) is 0. The molecule has 0 aliphatic heterocycles. The maximum atomic E-state index is 11.5. The zero-order chi connectivity index (χ0) is 10.8. The Kier molecular flexibility index (Phi) is 8.64. The van der Waals surface area contributed by atoms with Crippen molar-refractivity contribution in [3.63, 3.8) is 0 Å². The van der Waals surface area contributed by atoms with E-state index in [4.69, 9.17) is 0 Å². The van der Waals surface area contributed by atoms with Crippen molar-refractivity contribution < 1.29 is 4.79 Å². The monoisotopic (exact) mass is 200 g/mol. The molecule has 0 rings (SSSR count). The Morgan fingerprint density at radius 1 is 1.29 bits per heavy atom. The van der Waals surface area contributed by atoms with Gasteiger partial charge in [-0.05, 0) is 13.0 Å². The van der Waals surface area contributed by atoms with Crippen LogP contribution in [0.5, 0.6) is 0 Å². The number of carbonyl (C=O) groups is 1. The minimum atomic E-state index is 0.0802. The third-order valence-corrected chi connectivity index (χ3v) is 2.23. The highest BCUT2D eigenvalue weighted by Gasteiger charge is 2.10. The Hall–Kier alpha value is -0.570. The molecule has 0 aliphatic rings. The topological polar surface area (TPSA) is 41.1 Å². The molecular weight excluding hydrogens is 176 g/mol. The molecule has 84 valence electrons. The molecule has 3 nitrogen and oxygen atoms in total. The number of nitrogens with one attached hydrogen (secondary N) is 2. The molecule has 0 saturated carbocycles. The highest BCUT2D eigenvalue weighted by molar-refractivity contribution is 5.78. The van der Waals surface area contributed by atoms with Crippen LogP contribution in [0.3, 0.4) is 0 Å². The maximum absolute atomic E-state index is 11.5. The van der Waals surface area contributed by atoms with Gasteiger partial charge in [0.05, 0.1) is 0 Å². The van der Waals surface area contributed by atoms with Gasteiger partial charge in [0.25, 0.3) is 0 Å². The molecule has 2 N–H and O–H groups in total. The highest BCUT2D eigenvalue weighted by atomic mass is 16.1. The molecule has 0 radical (unpaired) electrons. The van der Waals surface area contributed by atoms with Gasteiger partial charge in [0.2, 0.25) is 5.91 Å². The predicted octanol–water partition coefficient (Wildman–Crippen LogP) is 1.54. The molecule has 0 spiro atoms. The van der Waals surface area contributed by atoms with E-state index < -0.39 is 0 Å². The van der Waals surface area contributed by atoms with Crippen LogP contribution < -0.4 is 10.6 Å². The SMILES string of the molecule is CCCCCNC(=O)C(C)CNCC. The smallest absolute Gasteiger partial charge is 0.224 e. The average Bonchev–Trinajstić information content (AvgIpc) is 2.20. The van der Waals surface area contributed by atoms with Crippen LogP contribution in [-0.2, 0) is 4.79 Å². The summed E-state index contributed by atoms with van der Waals surface area (Å²) in [4.78, 5) is 11.5. The summed E-state index contributed by atoms with van der Waals surface area (Å²) in [5.74, 6) is 0.249. The summed E-state index contributed by atoms with van der Waals surface area (Å²) < 4.78 is 0. The lowest BCUT2D eigenvalue weighted by molar-refractivity contribution is -0.124. The quantitative estimate of drug-likeness (QED) is 0.584. The third-order valence-electron chi connectivity index (χ3n) is 2.23. The number of hydrogen-bond acceptors (Lipinski definition) is 2. The lowest BCUT2D eigenvalue weighted by Crippen LogP contribution is -2.35. The summed E-state index contributed by atoms with van der Waals surface area (Å²) in [5.41, 5.74) is 0. The molecule has 3 heteroatoms.